The number of methoxy groups -OCH3 is 2. The van der Waals surface area contributed by atoms with E-state index in [1.165, 1.54) is 24.6 Å². The van der Waals surface area contributed by atoms with Gasteiger partial charge in [-0.3, -0.25) is 0 Å². The quantitative estimate of drug-likeness (QED) is 0.691. The molecule has 21 heavy (non-hydrogen) atoms. The molecule has 1 aromatic heterocycles. The molecule has 0 saturated carbocycles. The zero-order valence-electron chi connectivity index (χ0n) is 11.6. The SMILES string of the molecule is COC(=O)c1cnc(-c2c(OC)ccc3ccccc23)s1. The summed E-state index contributed by atoms with van der Waals surface area (Å²) < 4.78 is 10.2. The third-order valence-electron chi connectivity index (χ3n) is 3.22. The highest BCUT2D eigenvalue weighted by Crippen LogP contribution is 2.38. The van der Waals surface area contributed by atoms with Crippen molar-refractivity contribution in [3.63, 3.8) is 0 Å². The van der Waals surface area contributed by atoms with Crippen LogP contribution in [0, 0.1) is 0 Å². The monoisotopic (exact) mass is 299 g/mol. The van der Waals surface area contributed by atoms with Crippen molar-refractivity contribution >= 4 is 28.1 Å². The molecule has 0 radical (unpaired) electrons. The maximum atomic E-state index is 11.6. The van der Waals surface area contributed by atoms with Crippen LogP contribution < -0.4 is 4.74 Å². The van der Waals surface area contributed by atoms with Gasteiger partial charge in [0.15, 0.2) is 0 Å². The van der Waals surface area contributed by atoms with E-state index in [0.717, 1.165) is 27.1 Å². The van der Waals surface area contributed by atoms with Gasteiger partial charge >= 0.3 is 5.97 Å². The zero-order valence-corrected chi connectivity index (χ0v) is 12.4. The van der Waals surface area contributed by atoms with Gasteiger partial charge in [-0.1, -0.05) is 30.3 Å². The molecule has 0 fully saturated rings. The van der Waals surface area contributed by atoms with E-state index < -0.39 is 0 Å². The molecular weight excluding hydrogens is 286 g/mol. The van der Waals surface area contributed by atoms with E-state index in [4.69, 9.17) is 9.47 Å². The first-order valence-corrected chi connectivity index (χ1v) is 7.16. The second-order valence-electron chi connectivity index (χ2n) is 4.39. The fourth-order valence-electron chi connectivity index (χ4n) is 2.23. The molecule has 0 amide bonds. The summed E-state index contributed by atoms with van der Waals surface area (Å²) in [5, 5.41) is 2.88. The molecule has 0 N–H and O–H groups in total. The number of hydrogen-bond acceptors (Lipinski definition) is 5. The molecule has 0 aliphatic heterocycles. The minimum absolute atomic E-state index is 0.377. The molecule has 0 bridgehead atoms. The van der Waals surface area contributed by atoms with Crippen LogP contribution in [0.15, 0.2) is 42.6 Å². The Morgan fingerprint density at radius 2 is 1.95 bits per heavy atom. The van der Waals surface area contributed by atoms with Crippen molar-refractivity contribution in [3.05, 3.63) is 47.5 Å². The molecule has 0 aliphatic rings. The molecule has 0 atom stereocenters. The van der Waals surface area contributed by atoms with Gasteiger partial charge in [-0.05, 0) is 16.8 Å². The highest BCUT2D eigenvalue weighted by Gasteiger charge is 2.17. The van der Waals surface area contributed by atoms with E-state index in [-0.39, 0.29) is 5.97 Å². The first kappa shape index (κ1) is 13.6. The standard InChI is InChI=1S/C16H13NO3S/c1-19-12-8-7-10-5-3-4-6-11(10)14(12)15-17-9-13(21-15)16(18)20-2/h3-9H,1-2H3. The Hall–Kier alpha value is -2.40. The number of hydrogen-bond donors (Lipinski definition) is 0. The van der Waals surface area contributed by atoms with Crippen molar-refractivity contribution in [2.24, 2.45) is 0 Å². The number of fused-ring (bicyclic) bond motifs is 1. The Bertz CT molecular complexity index is 810. The average Bonchev–Trinajstić information content (AvgIpc) is 3.02. The molecule has 0 unspecified atom stereocenters. The Labute approximate surface area is 126 Å². The summed E-state index contributed by atoms with van der Waals surface area (Å²) in [6, 6.07) is 11.9. The van der Waals surface area contributed by atoms with Crippen LogP contribution in [0.4, 0.5) is 0 Å². The van der Waals surface area contributed by atoms with Crippen molar-refractivity contribution in [2.75, 3.05) is 14.2 Å². The zero-order chi connectivity index (χ0) is 14.8. The minimum atomic E-state index is -0.377. The van der Waals surface area contributed by atoms with Crippen LogP contribution in [0.3, 0.4) is 0 Å². The number of carbonyl (C=O) groups is 1. The first-order valence-electron chi connectivity index (χ1n) is 6.35. The van der Waals surface area contributed by atoms with Gasteiger partial charge in [0.1, 0.15) is 15.6 Å². The highest BCUT2D eigenvalue weighted by atomic mass is 32.1. The van der Waals surface area contributed by atoms with E-state index in [9.17, 15) is 4.79 Å². The summed E-state index contributed by atoms with van der Waals surface area (Å²) in [6.07, 6.45) is 1.53. The summed E-state index contributed by atoms with van der Waals surface area (Å²) in [4.78, 5) is 16.4. The maximum Gasteiger partial charge on any atom is 0.349 e. The van der Waals surface area contributed by atoms with Gasteiger partial charge in [0, 0.05) is 0 Å². The van der Waals surface area contributed by atoms with Crippen LogP contribution in [0.2, 0.25) is 0 Å². The predicted molar refractivity (Wildman–Crippen MR) is 82.9 cm³/mol. The van der Waals surface area contributed by atoms with Gasteiger partial charge in [-0.2, -0.15) is 0 Å². The molecule has 5 heteroatoms. The molecule has 0 aliphatic carbocycles. The topological polar surface area (TPSA) is 48.4 Å². The van der Waals surface area contributed by atoms with Crippen LogP contribution in [0.25, 0.3) is 21.3 Å². The predicted octanol–water partition coefficient (Wildman–Crippen LogP) is 3.76. The summed E-state index contributed by atoms with van der Waals surface area (Å²) >= 11 is 1.30. The molecule has 1 heterocycles. The molecule has 3 rings (SSSR count). The van der Waals surface area contributed by atoms with Gasteiger partial charge in [0.2, 0.25) is 0 Å². The Morgan fingerprint density at radius 1 is 1.14 bits per heavy atom. The van der Waals surface area contributed by atoms with Crippen molar-refractivity contribution in [1.82, 2.24) is 4.98 Å². The number of esters is 1. The minimum Gasteiger partial charge on any atom is -0.496 e. The lowest BCUT2D eigenvalue weighted by molar-refractivity contribution is 0.0606. The van der Waals surface area contributed by atoms with Crippen molar-refractivity contribution in [1.29, 1.82) is 0 Å². The van der Waals surface area contributed by atoms with E-state index in [0.29, 0.717) is 4.88 Å². The second kappa shape index (κ2) is 5.54. The van der Waals surface area contributed by atoms with Crippen molar-refractivity contribution in [3.8, 4) is 16.3 Å². The number of carbonyl (C=O) groups excluding carboxylic acids is 1. The number of benzene rings is 2. The van der Waals surface area contributed by atoms with Crippen LogP contribution in [-0.2, 0) is 4.74 Å². The molecule has 0 saturated heterocycles. The highest BCUT2D eigenvalue weighted by molar-refractivity contribution is 7.17. The van der Waals surface area contributed by atoms with Gasteiger partial charge in [0.05, 0.1) is 26.0 Å². The fraction of sp³-hybridized carbons (Fsp3) is 0.125. The lowest BCUT2D eigenvalue weighted by atomic mass is 10.0. The first-order chi connectivity index (χ1) is 10.2. The van der Waals surface area contributed by atoms with E-state index in [1.54, 1.807) is 7.11 Å². The maximum absolute atomic E-state index is 11.6. The van der Waals surface area contributed by atoms with Crippen LogP contribution in [0.5, 0.6) is 5.75 Å². The van der Waals surface area contributed by atoms with Gasteiger partial charge in [-0.15, -0.1) is 11.3 Å². The van der Waals surface area contributed by atoms with Gasteiger partial charge in [0.25, 0.3) is 0 Å². The molecular formula is C16H13NO3S. The van der Waals surface area contributed by atoms with Crippen LogP contribution in [0.1, 0.15) is 9.67 Å². The van der Waals surface area contributed by atoms with E-state index >= 15 is 0 Å². The normalized spacial score (nSPS) is 10.6. The van der Waals surface area contributed by atoms with E-state index in [2.05, 4.69) is 4.98 Å². The van der Waals surface area contributed by atoms with Gasteiger partial charge in [-0.25, -0.2) is 9.78 Å². The number of thiazole rings is 1. The lowest BCUT2D eigenvalue weighted by Gasteiger charge is -2.09. The summed E-state index contributed by atoms with van der Waals surface area (Å²) in [5.74, 6) is 0.359. The Balaban J connectivity index is 2.23. The Kier molecular flexibility index (Phi) is 3.58. The van der Waals surface area contributed by atoms with Crippen LogP contribution >= 0.6 is 11.3 Å². The number of aromatic nitrogens is 1. The van der Waals surface area contributed by atoms with E-state index in [1.807, 2.05) is 36.4 Å². The molecule has 4 nitrogen and oxygen atoms in total. The largest absolute Gasteiger partial charge is 0.496 e. The number of nitrogens with zero attached hydrogens (tertiary/aromatic N) is 1. The molecule has 2 aromatic carbocycles. The van der Waals surface area contributed by atoms with Crippen molar-refractivity contribution < 1.29 is 14.3 Å². The number of ether oxygens (including phenoxy) is 2. The molecule has 106 valence electrons. The molecule has 0 spiro atoms. The van der Waals surface area contributed by atoms with Crippen molar-refractivity contribution in [2.45, 2.75) is 0 Å². The smallest absolute Gasteiger partial charge is 0.349 e. The van der Waals surface area contributed by atoms with Crippen LogP contribution in [-0.4, -0.2) is 25.2 Å². The molecule has 3 aromatic rings. The third kappa shape index (κ3) is 2.36. The summed E-state index contributed by atoms with van der Waals surface area (Å²) in [5.41, 5.74) is 0.899. The third-order valence-corrected chi connectivity index (χ3v) is 4.21. The lowest BCUT2D eigenvalue weighted by Crippen LogP contribution is -1.96. The summed E-state index contributed by atoms with van der Waals surface area (Å²) in [6.45, 7) is 0. The Morgan fingerprint density at radius 3 is 2.71 bits per heavy atom. The average molecular weight is 299 g/mol. The summed E-state index contributed by atoms with van der Waals surface area (Å²) in [7, 11) is 2.99. The fourth-order valence-corrected chi connectivity index (χ4v) is 3.13. The second-order valence-corrected chi connectivity index (χ2v) is 5.42. The number of rotatable bonds is 3. The van der Waals surface area contributed by atoms with Gasteiger partial charge < -0.3 is 9.47 Å².